The zero-order chi connectivity index (χ0) is 12.3. The maximum atomic E-state index is 13.4. The van der Waals surface area contributed by atoms with Gasteiger partial charge in [0.15, 0.2) is 0 Å². The van der Waals surface area contributed by atoms with Gasteiger partial charge in [0.25, 0.3) is 0 Å². The van der Waals surface area contributed by atoms with Gasteiger partial charge in [0, 0.05) is 24.2 Å². The van der Waals surface area contributed by atoms with Crippen LogP contribution < -0.4 is 10.5 Å². The number of ether oxygens (including phenoxy) is 1. The summed E-state index contributed by atoms with van der Waals surface area (Å²) in [6, 6.07) is 10.0. The summed E-state index contributed by atoms with van der Waals surface area (Å²) in [6.45, 7) is 0.131. The Morgan fingerprint density at radius 2 is 1.76 bits per heavy atom. The third-order valence-electron chi connectivity index (χ3n) is 2.28. The summed E-state index contributed by atoms with van der Waals surface area (Å²) < 4.78 is 31.6. The fourth-order valence-electron chi connectivity index (χ4n) is 1.42. The van der Waals surface area contributed by atoms with E-state index in [-0.39, 0.29) is 6.54 Å². The Morgan fingerprint density at radius 1 is 1.00 bits per heavy atom. The van der Waals surface area contributed by atoms with Crippen molar-refractivity contribution >= 4 is 0 Å². The van der Waals surface area contributed by atoms with Gasteiger partial charge >= 0.3 is 0 Å². The van der Waals surface area contributed by atoms with E-state index in [0.29, 0.717) is 17.1 Å². The monoisotopic (exact) mass is 235 g/mol. The minimum absolute atomic E-state index is 0.131. The lowest BCUT2D eigenvalue weighted by molar-refractivity contribution is 0.470. The van der Waals surface area contributed by atoms with Gasteiger partial charge in [-0.3, -0.25) is 0 Å². The van der Waals surface area contributed by atoms with Gasteiger partial charge in [0.1, 0.15) is 23.1 Å². The van der Waals surface area contributed by atoms with Crippen LogP contribution in [0.2, 0.25) is 0 Å². The lowest BCUT2D eigenvalue weighted by atomic mass is 10.2. The van der Waals surface area contributed by atoms with Crippen LogP contribution in [0.15, 0.2) is 42.5 Å². The maximum Gasteiger partial charge on any atom is 0.131 e. The molecule has 2 nitrogen and oxygen atoms in total. The van der Waals surface area contributed by atoms with Gasteiger partial charge in [0.05, 0.1) is 0 Å². The van der Waals surface area contributed by atoms with E-state index in [0.717, 1.165) is 0 Å². The second kappa shape index (κ2) is 4.93. The molecule has 0 heterocycles. The van der Waals surface area contributed by atoms with Crippen molar-refractivity contribution in [2.75, 3.05) is 0 Å². The lowest BCUT2D eigenvalue weighted by Gasteiger charge is -2.07. The van der Waals surface area contributed by atoms with Gasteiger partial charge < -0.3 is 10.5 Å². The highest BCUT2D eigenvalue weighted by Gasteiger charge is 2.04. The van der Waals surface area contributed by atoms with E-state index in [2.05, 4.69) is 0 Å². The summed E-state index contributed by atoms with van der Waals surface area (Å²) in [5.41, 5.74) is 5.76. The number of nitrogens with two attached hydrogens (primary N) is 1. The largest absolute Gasteiger partial charge is 0.457 e. The Labute approximate surface area is 97.6 Å². The predicted octanol–water partition coefficient (Wildman–Crippen LogP) is 3.22. The fourth-order valence-corrected chi connectivity index (χ4v) is 1.42. The van der Waals surface area contributed by atoms with Crippen LogP contribution in [-0.4, -0.2) is 0 Å². The summed E-state index contributed by atoms with van der Waals surface area (Å²) in [6.07, 6.45) is 0. The van der Waals surface area contributed by atoms with Gasteiger partial charge in [-0.25, -0.2) is 8.78 Å². The van der Waals surface area contributed by atoms with Crippen LogP contribution in [0.25, 0.3) is 0 Å². The maximum absolute atomic E-state index is 13.4. The van der Waals surface area contributed by atoms with E-state index >= 15 is 0 Å². The molecule has 0 unspecified atom stereocenters. The fraction of sp³-hybridized carbons (Fsp3) is 0.0769. The molecule has 17 heavy (non-hydrogen) atoms. The summed E-state index contributed by atoms with van der Waals surface area (Å²) in [5.74, 6) is -0.196. The van der Waals surface area contributed by atoms with Gasteiger partial charge in [-0.05, 0) is 18.2 Å². The van der Waals surface area contributed by atoms with Crippen molar-refractivity contribution < 1.29 is 13.5 Å². The molecule has 0 aromatic heterocycles. The molecular formula is C13H11F2NO. The quantitative estimate of drug-likeness (QED) is 0.886. The third-order valence-corrected chi connectivity index (χ3v) is 2.28. The molecule has 0 aliphatic carbocycles. The average molecular weight is 235 g/mol. The van der Waals surface area contributed by atoms with Crippen LogP contribution in [0.1, 0.15) is 5.56 Å². The van der Waals surface area contributed by atoms with Crippen molar-refractivity contribution in [1.29, 1.82) is 0 Å². The lowest BCUT2D eigenvalue weighted by Crippen LogP contribution is -1.99. The molecule has 0 saturated heterocycles. The molecule has 0 aliphatic heterocycles. The van der Waals surface area contributed by atoms with E-state index in [1.54, 1.807) is 18.2 Å². The molecule has 0 fully saturated rings. The van der Waals surface area contributed by atoms with Gasteiger partial charge in [-0.1, -0.05) is 12.1 Å². The molecule has 2 N–H and O–H groups in total. The first-order chi connectivity index (χ1) is 8.19. The smallest absolute Gasteiger partial charge is 0.131 e. The Kier molecular flexibility index (Phi) is 3.35. The Hall–Kier alpha value is -1.94. The van der Waals surface area contributed by atoms with Crippen molar-refractivity contribution in [1.82, 2.24) is 0 Å². The van der Waals surface area contributed by atoms with E-state index in [1.807, 2.05) is 0 Å². The third kappa shape index (κ3) is 2.79. The summed E-state index contributed by atoms with van der Waals surface area (Å²) in [5, 5.41) is 0. The van der Waals surface area contributed by atoms with Crippen LogP contribution >= 0.6 is 0 Å². The molecule has 0 atom stereocenters. The molecule has 0 amide bonds. The molecule has 2 aromatic rings. The first-order valence-electron chi connectivity index (χ1n) is 5.11. The first kappa shape index (κ1) is 11.5. The van der Waals surface area contributed by atoms with Crippen LogP contribution in [-0.2, 0) is 6.54 Å². The topological polar surface area (TPSA) is 35.2 Å². The van der Waals surface area contributed by atoms with Gasteiger partial charge in [-0.15, -0.1) is 0 Å². The average Bonchev–Trinajstić information content (AvgIpc) is 2.29. The van der Waals surface area contributed by atoms with E-state index in [4.69, 9.17) is 10.5 Å². The van der Waals surface area contributed by atoms with Crippen LogP contribution in [0.4, 0.5) is 8.78 Å². The molecule has 0 spiro atoms. The highest BCUT2D eigenvalue weighted by atomic mass is 19.1. The molecule has 4 heteroatoms. The Balaban J connectivity index is 2.22. The normalized spacial score (nSPS) is 10.3. The summed E-state index contributed by atoms with van der Waals surface area (Å²) in [4.78, 5) is 0. The summed E-state index contributed by atoms with van der Waals surface area (Å²) in [7, 11) is 0. The Morgan fingerprint density at radius 3 is 2.41 bits per heavy atom. The molecule has 88 valence electrons. The number of rotatable bonds is 3. The standard InChI is InChI=1S/C13H11F2NO/c14-10-2-1-3-11(6-10)17-12-5-4-9(8-16)13(15)7-12/h1-7H,8,16H2. The highest BCUT2D eigenvalue weighted by Crippen LogP contribution is 2.23. The number of hydrogen-bond donors (Lipinski definition) is 1. The molecule has 0 radical (unpaired) electrons. The SMILES string of the molecule is NCc1ccc(Oc2cccc(F)c2)cc1F. The second-order valence-corrected chi connectivity index (χ2v) is 3.52. The summed E-state index contributed by atoms with van der Waals surface area (Å²) >= 11 is 0. The zero-order valence-electron chi connectivity index (χ0n) is 8.99. The van der Waals surface area contributed by atoms with E-state index in [9.17, 15) is 8.78 Å². The second-order valence-electron chi connectivity index (χ2n) is 3.52. The van der Waals surface area contributed by atoms with E-state index < -0.39 is 11.6 Å². The molecular weight excluding hydrogens is 224 g/mol. The van der Waals surface area contributed by atoms with Crippen LogP contribution in [0.3, 0.4) is 0 Å². The molecule has 0 aliphatic rings. The van der Waals surface area contributed by atoms with Gasteiger partial charge in [0.2, 0.25) is 0 Å². The first-order valence-corrected chi connectivity index (χ1v) is 5.11. The van der Waals surface area contributed by atoms with Crippen molar-refractivity contribution in [3.8, 4) is 11.5 Å². The van der Waals surface area contributed by atoms with Gasteiger partial charge in [-0.2, -0.15) is 0 Å². The minimum Gasteiger partial charge on any atom is -0.457 e. The molecule has 0 saturated carbocycles. The molecule has 0 bridgehead atoms. The molecule has 2 rings (SSSR count). The van der Waals surface area contributed by atoms with Crippen molar-refractivity contribution in [3.05, 3.63) is 59.7 Å². The van der Waals surface area contributed by atoms with Crippen LogP contribution in [0.5, 0.6) is 11.5 Å². The minimum atomic E-state index is -0.429. The van der Waals surface area contributed by atoms with Crippen molar-refractivity contribution in [2.24, 2.45) is 5.73 Å². The molecule has 2 aromatic carbocycles. The number of halogens is 2. The number of hydrogen-bond acceptors (Lipinski definition) is 2. The highest BCUT2D eigenvalue weighted by molar-refractivity contribution is 5.34. The Bertz CT molecular complexity index is 529. The zero-order valence-corrected chi connectivity index (χ0v) is 8.99. The van der Waals surface area contributed by atoms with Crippen LogP contribution in [0, 0.1) is 11.6 Å². The number of benzene rings is 2. The van der Waals surface area contributed by atoms with E-state index in [1.165, 1.54) is 24.3 Å². The van der Waals surface area contributed by atoms with Crippen molar-refractivity contribution in [2.45, 2.75) is 6.54 Å². The van der Waals surface area contributed by atoms with Crippen molar-refractivity contribution in [3.63, 3.8) is 0 Å². The predicted molar refractivity (Wildman–Crippen MR) is 60.8 cm³/mol.